The lowest BCUT2D eigenvalue weighted by atomic mass is 9.50. The predicted octanol–water partition coefficient (Wildman–Crippen LogP) is 20.1. The van der Waals surface area contributed by atoms with Gasteiger partial charge in [-0.05, 0) is 310 Å². The van der Waals surface area contributed by atoms with E-state index in [1.54, 1.807) is 40.0 Å². The van der Waals surface area contributed by atoms with E-state index in [2.05, 4.69) is 81.1 Å². The quantitative estimate of drug-likeness (QED) is 0.107. The van der Waals surface area contributed by atoms with Crippen LogP contribution >= 0.6 is 0 Å². The first kappa shape index (κ1) is 107. The van der Waals surface area contributed by atoms with E-state index in [9.17, 15) is 22.8 Å². The molecular weight excluding hydrogens is 1900 g/mol. The summed E-state index contributed by atoms with van der Waals surface area (Å²) < 4.78 is 111. The molecule has 22 saturated heterocycles. The number of carbonyl (C=O) groups excluding carboxylic acids is 3. The number of methoxy groups -OCH3 is 1. The van der Waals surface area contributed by atoms with Crippen molar-refractivity contribution in [3.8, 4) is 5.75 Å². The lowest BCUT2D eigenvalue weighted by Crippen LogP contribution is -2.74. The van der Waals surface area contributed by atoms with Crippen molar-refractivity contribution in [1.29, 1.82) is 0 Å². The molecule has 0 amide bonds. The monoisotopic (exact) mass is 2070 g/mol. The summed E-state index contributed by atoms with van der Waals surface area (Å²) in [5.74, 6) is 7.76. The number of nitrogens with zero attached hydrogens (tertiary/aromatic N) is 1. The number of Topliss-reactive ketones (excluding diaryl/α,β-unsaturated/α-hetero) is 3. The van der Waals surface area contributed by atoms with E-state index in [0.717, 1.165) is 147 Å². The Morgan fingerprint density at radius 2 is 0.842 bits per heavy atom. The molecule has 22 aliphatic heterocycles. The molecule has 33 rings (SSSR count). The van der Waals surface area contributed by atoms with Crippen molar-refractivity contribution in [3.05, 3.63) is 29.8 Å². The van der Waals surface area contributed by atoms with Gasteiger partial charge < -0.3 is 75.9 Å². The molecule has 1 aromatic rings. The second kappa shape index (κ2) is 39.9. The number of fused-ring (bicyclic) bond motifs is 10. The minimum absolute atomic E-state index is 0.0383. The minimum Gasteiger partial charge on any atom is -0.465 e. The fourth-order valence-electron chi connectivity index (χ4n) is 34.6. The Bertz CT molecular complexity index is 4910. The lowest BCUT2D eigenvalue weighted by molar-refractivity contribution is -0.587. The number of carbonyl (C=O) groups is 3. The summed E-state index contributed by atoms with van der Waals surface area (Å²) >= 11 is 0. The maximum Gasteiger partial charge on any atom is 0.210 e. The number of ether oxygens (including phenoxy) is 14. The number of sulfone groups is 1. The molecule has 0 radical (unpaired) electrons. The highest BCUT2D eigenvalue weighted by Crippen LogP contribution is 2.71. The molecule has 32 aliphatic rings. The zero-order chi connectivity index (χ0) is 103. The average molecular weight is 2070 g/mol. The fourth-order valence-corrected chi connectivity index (χ4v) is 35.8. The Morgan fingerprint density at radius 3 is 1.34 bits per heavy atom. The lowest BCUT2D eigenvalue weighted by Gasteiger charge is -2.65. The first-order valence-corrected chi connectivity index (χ1v) is 59.1. The largest absolute Gasteiger partial charge is 0.465 e. The van der Waals surface area contributed by atoms with Crippen LogP contribution in [0.4, 0.5) is 0 Å². The van der Waals surface area contributed by atoms with Gasteiger partial charge in [0.05, 0.1) is 24.7 Å². The highest BCUT2D eigenvalue weighted by molar-refractivity contribution is 7.91. The molecule has 822 valence electrons. The topological polar surface area (TPSA) is 329 Å². The summed E-state index contributed by atoms with van der Waals surface area (Å²) in [6.45, 7) is 41.9. The second-order valence-electron chi connectivity index (χ2n) is 52.3. The van der Waals surface area contributed by atoms with Crippen LogP contribution in [0.25, 0.3) is 0 Å². The molecule has 10 aliphatic carbocycles. The molecule has 0 N–H and O–H groups in total. The summed E-state index contributed by atoms with van der Waals surface area (Å²) in [6, 6.07) is 7.22. The summed E-state index contributed by atoms with van der Waals surface area (Å²) in [7, 11) is -1.21. The highest BCUT2D eigenvalue weighted by atomic mass is 32.2. The van der Waals surface area contributed by atoms with Gasteiger partial charge in [0.2, 0.25) is 46.8 Å². The van der Waals surface area contributed by atoms with Crippen molar-refractivity contribution in [1.82, 2.24) is 4.90 Å². The Morgan fingerprint density at radius 1 is 0.411 bits per heavy atom. The van der Waals surface area contributed by atoms with Crippen LogP contribution in [0.5, 0.6) is 5.75 Å². The number of hydrogen-bond donors (Lipinski definition) is 0. The van der Waals surface area contributed by atoms with E-state index in [1.807, 2.05) is 46.8 Å². The van der Waals surface area contributed by atoms with Gasteiger partial charge in [0.25, 0.3) is 0 Å². The van der Waals surface area contributed by atoms with E-state index in [1.165, 1.54) is 64.2 Å². The summed E-state index contributed by atoms with van der Waals surface area (Å²) in [4.78, 5) is 108. The van der Waals surface area contributed by atoms with Crippen molar-refractivity contribution < 1.29 is 148 Å². The Hall–Kier alpha value is -3.06. The molecule has 7 spiro atoms. The summed E-state index contributed by atoms with van der Waals surface area (Å²) in [6.07, 6.45) is 29.8. The number of rotatable bonds is 12. The van der Waals surface area contributed by atoms with Crippen LogP contribution in [0.2, 0.25) is 0 Å². The van der Waals surface area contributed by atoms with Gasteiger partial charge in [0.1, 0.15) is 23.5 Å². The highest BCUT2D eigenvalue weighted by Gasteiger charge is 2.78. The first-order chi connectivity index (χ1) is 69.4. The molecule has 1 aromatic carbocycles. The molecule has 10 saturated carbocycles. The molecule has 33 heteroatoms. The van der Waals surface area contributed by atoms with Crippen molar-refractivity contribution in [2.24, 2.45) is 147 Å². The summed E-state index contributed by atoms with van der Waals surface area (Å²) in [5, 5.41) is 0. The van der Waals surface area contributed by atoms with E-state index >= 15 is 0 Å². The average Bonchev–Trinajstić information content (AvgIpc) is 1.32. The van der Waals surface area contributed by atoms with Crippen molar-refractivity contribution in [2.75, 3.05) is 44.9 Å². The van der Waals surface area contributed by atoms with Crippen molar-refractivity contribution in [3.63, 3.8) is 0 Å². The fraction of sp³-hybridized carbons (Fsp3) is 0.920. The van der Waals surface area contributed by atoms with Crippen molar-refractivity contribution in [2.45, 2.75) is 462 Å². The number of hydrogen-bond acceptors (Lipinski definition) is 32. The third-order valence-electron chi connectivity index (χ3n) is 43.0. The van der Waals surface area contributed by atoms with Gasteiger partial charge in [0.15, 0.2) is 87.7 Å². The maximum atomic E-state index is 11.9. The molecule has 0 aromatic heterocycles. The van der Waals surface area contributed by atoms with Crippen LogP contribution in [-0.4, -0.2) is 201 Å². The predicted molar refractivity (Wildman–Crippen MR) is 523 cm³/mol. The van der Waals surface area contributed by atoms with Gasteiger partial charge in [-0.1, -0.05) is 76.2 Å². The second-order valence-corrected chi connectivity index (χ2v) is 54.6. The Balaban J connectivity index is 0.000000100. The van der Waals surface area contributed by atoms with Gasteiger partial charge in [-0.25, -0.2) is 57.3 Å². The van der Waals surface area contributed by atoms with Crippen LogP contribution in [0.15, 0.2) is 24.3 Å². The molecule has 32 fully saturated rings. The summed E-state index contributed by atoms with van der Waals surface area (Å²) in [5.41, 5.74) is -1.98. The van der Waals surface area contributed by atoms with E-state index < -0.39 is 104 Å². The van der Waals surface area contributed by atoms with Gasteiger partial charge in [-0.15, -0.1) is 0 Å². The number of ketones is 3. The van der Waals surface area contributed by atoms with Gasteiger partial charge in [-0.2, -0.15) is 9.78 Å². The molecule has 39 atom stereocenters. The third-order valence-corrected chi connectivity index (χ3v) is 44.6. The normalized spacial score (nSPS) is 53.8. The van der Waals surface area contributed by atoms with Crippen LogP contribution in [0.1, 0.15) is 347 Å². The molecule has 146 heavy (non-hydrogen) atoms. The van der Waals surface area contributed by atoms with Gasteiger partial charge in [0, 0.05) is 148 Å². The van der Waals surface area contributed by atoms with Crippen LogP contribution in [0, 0.1) is 147 Å². The minimum atomic E-state index is -2.92. The standard InChI is InChI=1S/C23H30O6.C20H32O6.C19H31NO6S.C19H28O4.C17H28O5.C15H24O4/c1-13-5-10-19-14(2)20(25-17-8-6-16(7-9-17)15(3)24)26-21-23(19)18(13)11-12-22(4,27-21)28-29-23;1-12-7-8-16-14(3)17(22-11-5-6-13(2)21)23-18-20(16)15(12)9-10-19(4,24-18)25-26-20;1-12-4-5-15-13(2)16(20-8-10-27(21,22)11-9-20)23-17-19(15)14(12)6-7-18(3,24-17)25-26-19;1-12(20)6-13-2-4-18(5-3-13)21-19(23-22-18)16-8-14-7-15(10-16)11-17(19)9-14;1-10-6-8-15(3)11(2)13(18-5)19-14-17(15)12(10)7-9-16(4,20-14)21-22-17;1-9-4-5-11-10(2)8-16-13-15(11)12(9)6-7-14(3,17-13)18-19-15/h6-9,13-14,18-21H,5,10-12H2,1-4H3;12,14-18H,5-11H2,1-4H3;12-17H,4-11H2,1-3H3;13-17H,2-11H2,1H3;10-14H,6-9H2,1-5H3;9-13H,4-8H2,1-3H3/t13-,14-,18+,19+,20?,21-,22-,23-;12-,14-,15+,16+,17+,18-,19?,20?;12-,13-,14+,15+,16+,17-,18?,19-;;10-,11+,12+,13-,14-,15+,16-,17+;9-,10+,11+,12+,13-,14-,15+/m111.11/s1. The van der Waals surface area contributed by atoms with Gasteiger partial charge in [-0.3, -0.25) is 9.69 Å². The molecule has 14 bridgehead atoms. The van der Waals surface area contributed by atoms with E-state index in [-0.39, 0.29) is 101 Å². The Kier molecular flexibility index (Phi) is 29.3. The first-order valence-electron chi connectivity index (χ1n) is 57.3. The zero-order valence-electron chi connectivity index (χ0n) is 90.7. The van der Waals surface area contributed by atoms with Crippen LogP contribution in [-0.2, 0) is 140 Å². The van der Waals surface area contributed by atoms with Crippen molar-refractivity contribution >= 4 is 27.2 Å². The Labute approximate surface area is 865 Å². The number of benzene rings is 1. The van der Waals surface area contributed by atoms with Crippen LogP contribution < -0.4 is 4.74 Å². The zero-order valence-corrected chi connectivity index (χ0v) is 91.6. The van der Waals surface area contributed by atoms with Gasteiger partial charge >= 0.3 is 0 Å². The van der Waals surface area contributed by atoms with E-state index in [0.29, 0.717) is 138 Å². The third kappa shape index (κ3) is 18.2. The smallest absolute Gasteiger partial charge is 0.210 e. The maximum absolute atomic E-state index is 11.9. The molecular formula is C113H173NO31S. The van der Waals surface area contributed by atoms with Crippen LogP contribution in [0.3, 0.4) is 0 Å². The molecule has 32 nitrogen and oxygen atoms in total. The SMILES string of the molecule is CC(=O)CC1CCC2(CC1)OOC1(O2)C2CC3CC(C2)CC1C3.CC(=O)CCCO[C@H]1O[C@@H]2OC3(C)CC[C@H]4[C@H](C)CC[C@@H]([C@H]1C)C24OO3.CC(=O)c1ccc(OC2O[C@@H]3O[C@@]4(C)CC[C@H]5[C@H](C)CC[C@@H]([C@H]2C)[C@@]35OO4)cc1.CO[C@@H]1O[C@@H]2O[C@@]3(C)CC[C@H]4[C@H](C)CC[C@@](C)([C@H]1C)[C@@]24OO3.C[C@@H]1CC[C@H]2[C@@H](C)CO[C@@H]3O[C@@]4(C)CC[C@@H]1[C@]32OO4.C[C@H]1[C@@H](N2CCS(=O)(=O)CC2)O[C@@H]2OC3(C)CC[C@H]4[C@H](C)CC[C@@H]1[C@@]24OO3. The molecule has 4 unspecified atom stereocenters. The van der Waals surface area contributed by atoms with E-state index in [4.69, 9.17) is 125 Å². The molecule has 22 heterocycles.